The normalized spacial score (nSPS) is 14.6. The van der Waals surface area contributed by atoms with Gasteiger partial charge in [-0.15, -0.1) is 0 Å². The number of hydrogen-bond acceptors (Lipinski definition) is 1. The molecule has 0 fully saturated rings. The van der Waals surface area contributed by atoms with Crippen molar-refractivity contribution in [3.05, 3.63) is 34.9 Å². The Bertz CT molecular complexity index is 324. The minimum Gasteiger partial charge on any atom is -0.327 e. The van der Waals surface area contributed by atoms with Gasteiger partial charge in [-0.3, -0.25) is 0 Å². The van der Waals surface area contributed by atoms with Gasteiger partial charge in [0.1, 0.15) is 0 Å². The first kappa shape index (κ1) is 14.5. The van der Waals surface area contributed by atoms with Gasteiger partial charge < -0.3 is 5.73 Å². The molecule has 2 unspecified atom stereocenters. The van der Waals surface area contributed by atoms with Gasteiger partial charge in [-0.2, -0.15) is 0 Å². The molecule has 17 heavy (non-hydrogen) atoms. The predicted octanol–water partition coefficient (Wildman–Crippen LogP) is 4.43. The highest BCUT2D eigenvalue weighted by Crippen LogP contribution is 2.20. The van der Waals surface area contributed by atoms with E-state index in [0.29, 0.717) is 5.92 Å². The lowest BCUT2D eigenvalue weighted by Crippen LogP contribution is -2.32. The van der Waals surface area contributed by atoms with Crippen LogP contribution < -0.4 is 5.73 Å². The zero-order valence-electron chi connectivity index (χ0n) is 11.0. The molecule has 0 aliphatic heterocycles. The van der Waals surface area contributed by atoms with E-state index in [1.807, 2.05) is 18.2 Å². The molecule has 1 nitrogen and oxygen atoms in total. The molecule has 2 heteroatoms. The van der Waals surface area contributed by atoms with Crippen LogP contribution in [0.5, 0.6) is 0 Å². The Morgan fingerprint density at radius 3 is 2.65 bits per heavy atom. The second-order valence-electron chi connectivity index (χ2n) is 4.81. The van der Waals surface area contributed by atoms with Gasteiger partial charge in [0.15, 0.2) is 0 Å². The monoisotopic (exact) mass is 253 g/mol. The third kappa shape index (κ3) is 5.10. The molecule has 2 N–H and O–H groups in total. The van der Waals surface area contributed by atoms with Gasteiger partial charge in [-0.1, -0.05) is 56.8 Å². The second-order valence-corrected chi connectivity index (χ2v) is 5.24. The molecule has 0 spiro atoms. The summed E-state index contributed by atoms with van der Waals surface area (Å²) in [7, 11) is 0. The summed E-state index contributed by atoms with van der Waals surface area (Å²) in [5.41, 5.74) is 7.56. The highest BCUT2D eigenvalue weighted by atomic mass is 35.5. The molecule has 96 valence electrons. The summed E-state index contributed by atoms with van der Waals surface area (Å²) in [4.78, 5) is 0. The summed E-state index contributed by atoms with van der Waals surface area (Å²) in [6, 6.07) is 8.29. The molecule has 0 heterocycles. The lowest BCUT2D eigenvalue weighted by atomic mass is 9.88. The van der Waals surface area contributed by atoms with Gasteiger partial charge in [-0.05, 0) is 36.5 Å². The van der Waals surface area contributed by atoms with E-state index >= 15 is 0 Å². The molecular weight excluding hydrogens is 230 g/mol. The summed E-state index contributed by atoms with van der Waals surface area (Å²) in [5.74, 6) is 0.633. The number of hydrogen-bond donors (Lipinski definition) is 1. The van der Waals surface area contributed by atoms with Crippen LogP contribution in [0, 0.1) is 5.92 Å². The van der Waals surface area contributed by atoms with Gasteiger partial charge in [0.25, 0.3) is 0 Å². The van der Waals surface area contributed by atoms with E-state index in [2.05, 4.69) is 19.9 Å². The topological polar surface area (TPSA) is 26.0 Å². The fourth-order valence-electron chi connectivity index (χ4n) is 2.29. The zero-order valence-corrected chi connectivity index (χ0v) is 11.7. The molecular formula is C15H24ClN. The smallest absolute Gasteiger partial charge is 0.0408 e. The van der Waals surface area contributed by atoms with E-state index in [1.165, 1.54) is 31.2 Å². The van der Waals surface area contributed by atoms with Crippen LogP contribution >= 0.6 is 11.6 Å². The van der Waals surface area contributed by atoms with Gasteiger partial charge in [0, 0.05) is 11.1 Å². The molecule has 0 amide bonds. The molecule has 0 aliphatic rings. The Morgan fingerprint density at radius 2 is 2.06 bits per heavy atom. The molecule has 1 aromatic carbocycles. The van der Waals surface area contributed by atoms with Crippen molar-refractivity contribution in [2.45, 2.75) is 52.0 Å². The Balaban J connectivity index is 2.54. The van der Waals surface area contributed by atoms with Crippen LogP contribution in [0.2, 0.25) is 5.02 Å². The average molecular weight is 254 g/mol. The first-order chi connectivity index (χ1) is 8.17. The van der Waals surface area contributed by atoms with Crippen molar-refractivity contribution < 1.29 is 0 Å². The van der Waals surface area contributed by atoms with Crippen LogP contribution in [-0.2, 0) is 6.42 Å². The standard InChI is InChI=1S/C15H24ClN/c1-3-5-8-13(4-2)15(17)11-12-7-6-9-14(16)10-12/h6-7,9-10,13,15H,3-5,8,11,17H2,1-2H3. The lowest BCUT2D eigenvalue weighted by molar-refractivity contribution is 0.369. The first-order valence-corrected chi connectivity index (χ1v) is 7.05. The van der Waals surface area contributed by atoms with E-state index in [0.717, 1.165) is 11.4 Å². The van der Waals surface area contributed by atoms with Crippen molar-refractivity contribution in [2.24, 2.45) is 11.7 Å². The number of unbranched alkanes of at least 4 members (excludes halogenated alkanes) is 1. The summed E-state index contributed by atoms with van der Waals surface area (Å²) >= 11 is 5.98. The van der Waals surface area contributed by atoms with Crippen LogP contribution in [0.4, 0.5) is 0 Å². The predicted molar refractivity (Wildman–Crippen MR) is 76.4 cm³/mol. The number of nitrogens with two attached hydrogens (primary N) is 1. The number of benzene rings is 1. The van der Waals surface area contributed by atoms with Crippen LogP contribution in [0.1, 0.15) is 45.1 Å². The molecule has 0 radical (unpaired) electrons. The largest absolute Gasteiger partial charge is 0.327 e. The van der Waals surface area contributed by atoms with Crippen LogP contribution in [0.15, 0.2) is 24.3 Å². The van der Waals surface area contributed by atoms with Crippen LogP contribution in [0.25, 0.3) is 0 Å². The van der Waals surface area contributed by atoms with Crippen molar-refractivity contribution in [2.75, 3.05) is 0 Å². The third-order valence-corrected chi connectivity index (χ3v) is 3.65. The SMILES string of the molecule is CCCCC(CC)C(N)Cc1cccc(Cl)c1. The number of halogens is 1. The van der Waals surface area contributed by atoms with Crippen molar-refractivity contribution in [3.8, 4) is 0 Å². The van der Waals surface area contributed by atoms with E-state index in [4.69, 9.17) is 17.3 Å². The highest BCUT2D eigenvalue weighted by molar-refractivity contribution is 6.30. The van der Waals surface area contributed by atoms with Gasteiger partial charge in [-0.25, -0.2) is 0 Å². The maximum atomic E-state index is 6.31. The van der Waals surface area contributed by atoms with Crippen LogP contribution in [-0.4, -0.2) is 6.04 Å². The molecule has 1 rings (SSSR count). The third-order valence-electron chi connectivity index (χ3n) is 3.42. The van der Waals surface area contributed by atoms with E-state index in [1.54, 1.807) is 0 Å². The highest BCUT2D eigenvalue weighted by Gasteiger charge is 2.15. The Hall–Kier alpha value is -0.530. The minimum atomic E-state index is 0.255. The maximum absolute atomic E-state index is 6.31. The summed E-state index contributed by atoms with van der Waals surface area (Å²) < 4.78 is 0. The average Bonchev–Trinajstić information content (AvgIpc) is 2.30. The fourth-order valence-corrected chi connectivity index (χ4v) is 2.50. The Labute approximate surface area is 110 Å². The number of rotatable bonds is 7. The fraction of sp³-hybridized carbons (Fsp3) is 0.600. The van der Waals surface area contributed by atoms with Gasteiger partial charge in [0.05, 0.1) is 0 Å². The zero-order chi connectivity index (χ0) is 12.7. The van der Waals surface area contributed by atoms with Gasteiger partial charge >= 0.3 is 0 Å². The first-order valence-electron chi connectivity index (χ1n) is 6.67. The molecule has 0 saturated carbocycles. The van der Waals surface area contributed by atoms with Crippen molar-refractivity contribution in [3.63, 3.8) is 0 Å². The second kappa shape index (κ2) is 7.73. The Morgan fingerprint density at radius 1 is 1.29 bits per heavy atom. The minimum absolute atomic E-state index is 0.255. The summed E-state index contributed by atoms with van der Waals surface area (Å²) in [6.07, 6.45) is 5.88. The van der Waals surface area contributed by atoms with E-state index in [-0.39, 0.29) is 6.04 Å². The lowest BCUT2D eigenvalue weighted by Gasteiger charge is -2.22. The summed E-state index contributed by atoms with van der Waals surface area (Å²) in [5, 5.41) is 0.802. The molecule has 1 aromatic rings. The maximum Gasteiger partial charge on any atom is 0.0408 e. The molecule has 0 aromatic heterocycles. The van der Waals surface area contributed by atoms with Crippen molar-refractivity contribution >= 4 is 11.6 Å². The van der Waals surface area contributed by atoms with Gasteiger partial charge in [0.2, 0.25) is 0 Å². The van der Waals surface area contributed by atoms with Crippen molar-refractivity contribution in [1.82, 2.24) is 0 Å². The Kier molecular flexibility index (Phi) is 6.61. The molecule has 0 saturated heterocycles. The summed E-state index contributed by atoms with van der Waals surface area (Å²) in [6.45, 7) is 4.47. The van der Waals surface area contributed by atoms with Crippen molar-refractivity contribution in [1.29, 1.82) is 0 Å². The molecule has 2 atom stereocenters. The van der Waals surface area contributed by atoms with E-state index < -0.39 is 0 Å². The quantitative estimate of drug-likeness (QED) is 0.765. The molecule has 0 aliphatic carbocycles. The molecule has 0 bridgehead atoms. The van der Waals surface area contributed by atoms with Crippen LogP contribution in [0.3, 0.4) is 0 Å². The van der Waals surface area contributed by atoms with E-state index in [9.17, 15) is 0 Å².